The van der Waals surface area contributed by atoms with Crippen LogP contribution in [0, 0.1) is 0 Å². The van der Waals surface area contributed by atoms with Gasteiger partial charge in [-0.25, -0.2) is 4.79 Å². The molecule has 0 aromatic heterocycles. The van der Waals surface area contributed by atoms with E-state index < -0.39 is 18.1 Å². The summed E-state index contributed by atoms with van der Waals surface area (Å²) in [5.74, 6) is -1.95. The summed E-state index contributed by atoms with van der Waals surface area (Å²) >= 11 is 0. The molecule has 0 aliphatic heterocycles. The molecule has 0 bridgehead atoms. The molecule has 18 heavy (non-hydrogen) atoms. The highest BCUT2D eigenvalue weighted by atomic mass is 19.4. The van der Waals surface area contributed by atoms with E-state index in [0.717, 1.165) is 18.2 Å². The van der Waals surface area contributed by atoms with Crippen LogP contribution in [0.3, 0.4) is 0 Å². The Hall–Kier alpha value is -2.31. The number of aldehydes is 1. The van der Waals surface area contributed by atoms with E-state index in [9.17, 15) is 22.8 Å². The molecule has 0 saturated carbocycles. The van der Waals surface area contributed by atoms with Crippen LogP contribution in [-0.4, -0.2) is 23.7 Å². The number of carboxylic acids is 1. The highest BCUT2D eigenvalue weighted by Gasteiger charge is 2.32. The third-order valence-electron chi connectivity index (χ3n) is 1.80. The van der Waals surface area contributed by atoms with Gasteiger partial charge in [-0.15, -0.1) is 13.2 Å². The maximum absolute atomic E-state index is 12.1. The molecule has 4 nitrogen and oxygen atoms in total. The largest absolute Gasteiger partial charge is 0.573 e. The average molecular weight is 260 g/mol. The zero-order valence-electron chi connectivity index (χ0n) is 8.77. The summed E-state index contributed by atoms with van der Waals surface area (Å²) in [6.07, 6.45) is -2.96. The van der Waals surface area contributed by atoms with Crippen LogP contribution in [0.1, 0.15) is 15.9 Å². The van der Waals surface area contributed by atoms with E-state index in [1.807, 2.05) is 0 Å². The summed E-state index contributed by atoms with van der Waals surface area (Å²) in [6, 6.07) is 3.28. The fourth-order valence-corrected chi connectivity index (χ4v) is 1.14. The molecule has 1 N–H and O–H groups in total. The molecule has 96 valence electrons. The molecule has 0 heterocycles. The van der Waals surface area contributed by atoms with Gasteiger partial charge in [-0.2, -0.15) is 0 Å². The molecule has 0 fully saturated rings. The topological polar surface area (TPSA) is 63.6 Å². The Labute approximate surface area is 99.3 Å². The number of halogens is 3. The lowest BCUT2D eigenvalue weighted by molar-refractivity contribution is -0.274. The SMILES string of the molecule is O=Cc1ccc(/C=C/C(=O)O)c(OC(F)(F)F)c1. The summed E-state index contributed by atoms with van der Waals surface area (Å²) in [5, 5.41) is 8.39. The second kappa shape index (κ2) is 5.35. The number of benzene rings is 1. The quantitative estimate of drug-likeness (QED) is 0.667. The van der Waals surface area contributed by atoms with Gasteiger partial charge in [0.1, 0.15) is 12.0 Å². The van der Waals surface area contributed by atoms with Gasteiger partial charge in [-0.3, -0.25) is 4.79 Å². The smallest absolute Gasteiger partial charge is 0.478 e. The number of alkyl halides is 3. The minimum absolute atomic E-state index is 0.0123. The number of hydrogen-bond donors (Lipinski definition) is 1. The maximum Gasteiger partial charge on any atom is 0.573 e. The summed E-state index contributed by atoms with van der Waals surface area (Å²) < 4.78 is 40.0. The van der Waals surface area contributed by atoms with Crippen LogP contribution in [0.5, 0.6) is 5.75 Å². The number of rotatable bonds is 4. The van der Waals surface area contributed by atoms with E-state index in [2.05, 4.69) is 4.74 Å². The van der Waals surface area contributed by atoms with Crippen molar-refractivity contribution in [2.24, 2.45) is 0 Å². The molecular weight excluding hydrogens is 253 g/mol. The molecule has 0 atom stereocenters. The first-order valence-corrected chi connectivity index (χ1v) is 4.58. The van der Waals surface area contributed by atoms with Gasteiger partial charge in [0, 0.05) is 17.2 Å². The van der Waals surface area contributed by atoms with Gasteiger partial charge in [-0.05, 0) is 12.1 Å². The Bertz CT molecular complexity index is 492. The van der Waals surface area contributed by atoms with E-state index in [1.54, 1.807) is 0 Å². The highest BCUT2D eigenvalue weighted by Crippen LogP contribution is 2.28. The van der Waals surface area contributed by atoms with Crippen LogP contribution >= 0.6 is 0 Å². The van der Waals surface area contributed by atoms with Crippen molar-refractivity contribution in [2.75, 3.05) is 0 Å². The zero-order chi connectivity index (χ0) is 13.8. The van der Waals surface area contributed by atoms with Gasteiger partial charge in [0.15, 0.2) is 0 Å². The van der Waals surface area contributed by atoms with Crippen LogP contribution in [0.2, 0.25) is 0 Å². The number of aliphatic carboxylic acids is 1. The van der Waals surface area contributed by atoms with Gasteiger partial charge in [0.05, 0.1) is 0 Å². The van der Waals surface area contributed by atoms with E-state index in [4.69, 9.17) is 5.11 Å². The molecule has 0 unspecified atom stereocenters. The van der Waals surface area contributed by atoms with Crippen molar-refractivity contribution < 1.29 is 32.6 Å². The first kappa shape index (κ1) is 13.8. The van der Waals surface area contributed by atoms with Crippen molar-refractivity contribution in [1.82, 2.24) is 0 Å². The van der Waals surface area contributed by atoms with Crippen LogP contribution in [0.25, 0.3) is 6.08 Å². The zero-order valence-corrected chi connectivity index (χ0v) is 8.77. The van der Waals surface area contributed by atoms with Gasteiger partial charge >= 0.3 is 12.3 Å². The second-order valence-electron chi connectivity index (χ2n) is 3.13. The number of carbonyl (C=O) groups is 2. The molecule has 7 heteroatoms. The Morgan fingerprint density at radius 3 is 2.50 bits per heavy atom. The highest BCUT2D eigenvalue weighted by molar-refractivity contribution is 5.86. The number of ether oxygens (including phenoxy) is 1. The van der Waals surface area contributed by atoms with E-state index in [-0.39, 0.29) is 11.1 Å². The fraction of sp³-hybridized carbons (Fsp3) is 0.0909. The second-order valence-corrected chi connectivity index (χ2v) is 3.13. The minimum Gasteiger partial charge on any atom is -0.478 e. The van der Waals surface area contributed by atoms with Crippen molar-refractivity contribution in [2.45, 2.75) is 6.36 Å². The van der Waals surface area contributed by atoms with Gasteiger partial charge in [0.25, 0.3) is 0 Å². The van der Waals surface area contributed by atoms with Crippen LogP contribution in [-0.2, 0) is 4.79 Å². The predicted octanol–water partition coefficient (Wildman–Crippen LogP) is 2.50. The molecular formula is C11H7F3O4. The molecule has 0 amide bonds. The third kappa shape index (κ3) is 4.28. The molecule has 0 spiro atoms. The first-order valence-electron chi connectivity index (χ1n) is 4.58. The monoisotopic (exact) mass is 260 g/mol. The average Bonchev–Trinajstić information content (AvgIpc) is 2.25. The van der Waals surface area contributed by atoms with E-state index in [1.165, 1.54) is 6.07 Å². The van der Waals surface area contributed by atoms with Crippen LogP contribution < -0.4 is 4.74 Å². The van der Waals surface area contributed by atoms with Gasteiger partial charge in [-0.1, -0.05) is 12.1 Å². The van der Waals surface area contributed by atoms with Gasteiger partial charge in [0.2, 0.25) is 0 Å². The maximum atomic E-state index is 12.1. The van der Waals surface area contributed by atoms with Crippen molar-refractivity contribution in [1.29, 1.82) is 0 Å². The number of carboxylic acid groups (broad SMARTS) is 1. The molecule has 0 aliphatic rings. The molecule has 1 aromatic rings. The van der Waals surface area contributed by atoms with Crippen molar-refractivity contribution >= 4 is 18.3 Å². The Morgan fingerprint density at radius 2 is 2.00 bits per heavy atom. The molecule has 0 aliphatic carbocycles. The lowest BCUT2D eigenvalue weighted by Gasteiger charge is -2.11. The number of carbonyl (C=O) groups excluding carboxylic acids is 1. The normalized spacial score (nSPS) is 11.5. The Balaban J connectivity index is 3.16. The van der Waals surface area contributed by atoms with Crippen molar-refractivity contribution in [3.05, 3.63) is 35.4 Å². The van der Waals surface area contributed by atoms with E-state index in [0.29, 0.717) is 12.4 Å². The fourth-order valence-electron chi connectivity index (χ4n) is 1.14. The number of hydrogen-bond acceptors (Lipinski definition) is 3. The molecule has 0 saturated heterocycles. The van der Waals surface area contributed by atoms with Crippen LogP contribution in [0.15, 0.2) is 24.3 Å². The molecule has 1 aromatic carbocycles. The minimum atomic E-state index is -4.92. The van der Waals surface area contributed by atoms with Crippen molar-refractivity contribution in [3.8, 4) is 5.75 Å². The van der Waals surface area contributed by atoms with Crippen LogP contribution in [0.4, 0.5) is 13.2 Å². The molecule has 0 radical (unpaired) electrons. The first-order chi connectivity index (χ1) is 8.31. The third-order valence-corrected chi connectivity index (χ3v) is 1.80. The van der Waals surface area contributed by atoms with Gasteiger partial charge < -0.3 is 9.84 Å². The predicted molar refractivity (Wildman–Crippen MR) is 55.2 cm³/mol. The lowest BCUT2D eigenvalue weighted by atomic mass is 10.1. The van der Waals surface area contributed by atoms with Crippen molar-refractivity contribution in [3.63, 3.8) is 0 Å². The Kier molecular flexibility index (Phi) is 4.09. The van der Waals surface area contributed by atoms with E-state index >= 15 is 0 Å². The summed E-state index contributed by atoms with van der Waals surface area (Å²) in [5.41, 5.74) is -0.109. The lowest BCUT2D eigenvalue weighted by Crippen LogP contribution is -2.17. The summed E-state index contributed by atoms with van der Waals surface area (Å²) in [6.45, 7) is 0. The summed E-state index contributed by atoms with van der Waals surface area (Å²) in [4.78, 5) is 20.7. The standard InChI is InChI=1S/C11H7F3O4/c12-11(13,14)18-9-5-7(6-15)1-2-8(9)3-4-10(16)17/h1-6H,(H,16,17)/b4-3+. The summed E-state index contributed by atoms with van der Waals surface area (Å²) in [7, 11) is 0. The molecule has 1 rings (SSSR count). The Morgan fingerprint density at radius 1 is 1.33 bits per heavy atom.